The number of ether oxygens (including phenoxy) is 3. The lowest BCUT2D eigenvalue weighted by Gasteiger charge is -2.13. The van der Waals surface area contributed by atoms with E-state index in [2.05, 4.69) is 5.32 Å². The van der Waals surface area contributed by atoms with Crippen LogP contribution in [0.1, 0.15) is 28.6 Å². The summed E-state index contributed by atoms with van der Waals surface area (Å²) in [6.45, 7) is 1.93. The molecule has 0 aliphatic heterocycles. The van der Waals surface area contributed by atoms with Crippen molar-refractivity contribution in [2.24, 2.45) is 0 Å². The number of hydrogen-bond donors (Lipinski definition) is 1. The molecule has 7 nitrogen and oxygen atoms in total. The molecule has 7 heteroatoms. The van der Waals surface area contributed by atoms with Crippen molar-refractivity contribution in [2.45, 2.75) is 26.2 Å². The minimum absolute atomic E-state index is 0.0203. The summed E-state index contributed by atoms with van der Waals surface area (Å²) in [5, 5.41) is 3.52. The second-order valence-electron chi connectivity index (χ2n) is 7.62. The Morgan fingerprint density at radius 2 is 1.62 bits per heavy atom. The lowest BCUT2D eigenvalue weighted by Crippen LogP contribution is -2.35. The fraction of sp³-hybridized carbons (Fsp3) is 0.185. The number of furan rings is 1. The van der Waals surface area contributed by atoms with Crippen molar-refractivity contribution in [3.05, 3.63) is 95.7 Å². The van der Waals surface area contributed by atoms with Crippen molar-refractivity contribution in [1.82, 2.24) is 5.32 Å². The van der Waals surface area contributed by atoms with E-state index in [9.17, 15) is 9.59 Å². The van der Waals surface area contributed by atoms with Gasteiger partial charge in [-0.15, -0.1) is 0 Å². The summed E-state index contributed by atoms with van der Waals surface area (Å²) in [4.78, 5) is 25.4. The van der Waals surface area contributed by atoms with Crippen molar-refractivity contribution in [3.63, 3.8) is 0 Å². The summed E-state index contributed by atoms with van der Waals surface area (Å²) in [5.41, 5.74) is 2.00. The first-order chi connectivity index (χ1) is 16.5. The number of carbonyl (C=O) groups excluding carboxylic acids is 2. The van der Waals surface area contributed by atoms with Crippen molar-refractivity contribution < 1.29 is 28.2 Å². The van der Waals surface area contributed by atoms with Crippen LogP contribution in [0.2, 0.25) is 0 Å². The van der Waals surface area contributed by atoms with Crippen LogP contribution in [0.4, 0.5) is 0 Å². The van der Waals surface area contributed by atoms with Gasteiger partial charge in [0.05, 0.1) is 12.7 Å². The molecular formula is C27H25NO6. The lowest BCUT2D eigenvalue weighted by molar-refractivity contribution is -0.129. The van der Waals surface area contributed by atoms with E-state index in [0.29, 0.717) is 23.4 Å². The molecule has 3 aromatic carbocycles. The average molecular weight is 459 g/mol. The molecule has 0 fully saturated rings. The summed E-state index contributed by atoms with van der Waals surface area (Å²) < 4.78 is 22.2. The lowest BCUT2D eigenvalue weighted by atomic mass is 10.1. The zero-order valence-electron chi connectivity index (χ0n) is 18.9. The van der Waals surface area contributed by atoms with Gasteiger partial charge in [-0.2, -0.15) is 0 Å². The van der Waals surface area contributed by atoms with Crippen LogP contribution in [0.5, 0.6) is 11.5 Å². The second kappa shape index (κ2) is 10.6. The zero-order valence-corrected chi connectivity index (χ0v) is 18.9. The summed E-state index contributed by atoms with van der Waals surface area (Å²) in [6, 6.07) is 23.9. The van der Waals surface area contributed by atoms with Crippen LogP contribution in [0, 0.1) is 0 Å². The molecule has 0 saturated carbocycles. The van der Waals surface area contributed by atoms with Crippen LogP contribution in [0.25, 0.3) is 11.0 Å². The largest absolute Gasteiger partial charge is 0.497 e. The minimum atomic E-state index is -1.01. The SMILES string of the molecule is COc1ccc(CNC(=O)[C@@H](C)OC(=O)c2oc3ccccc3c2COc2ccccc2)cc1. The molecule has 4 rings (SSSR count). The Hall–Kier alpha value is -4.26. The monoisotopic (exact) mass is 459 g/mol. The van der Waals surface area contributed by atoms with Gasteiger partial charge in [0.1, 0.15) is 23.7 Å². The first kappa shape index (κ1) is 22.9. The first-order valence-corrected chi connectivity index (χ1v) is 10.8. The maximum absolute atomic E-state index is 12.9. The number of carbonyl (C=O) groups is 2. The molecule has 0 aliphatic rings. The molecular weight excluding hydrogens is 434 g/mol. The van der Waals surface area contributed by atoms with E-state index in [1.165, 1.54) is 6.92 Å². The van der Waals surface area contributed by atoms with Crippen LogP contribution in [-0.4, -0.2) is 25.1 Å². The summed E-state index contributed by atoms with van der Waals surface area (Å²) in [7, 11) is 1.59. The van der Waals surface area contributed by atoms with Gasteiger partial charge >= 0.3 is 5.97 Å². The van der Waals surface area contributed by atoms with Gasteiger partial charge in [0, 0.05) is 11.9 Å². The molecule has 0 radical (unpaired) electrons. The van der Waals surface area contributed by atoms with Crippen LogP contribution < -0.4 is 14.8 Å². The van der Waals surface area contributed by atoms with E-state index in [1.54, 1.807) is 13.2 Å². The topological polar surface area (TPSA) is 87.0 Å². The second-order valence-corrected chi connectivity index (χ2v) is 7.62. The Morgan fingerprint density at radius 3 is 2.35 bits per heavy atom. The highest BCUT2D eigenvalue weighted by molar-refractivity contribution is 5.97. The van der Waals surface area contributed by atoms with Crippen molar-refractivity contribution in [1.29, 1.82) is 0 Å². The third-order valence-electron chi connectivity index (χ3n) is 5.29. The third-order valence-corrected chi connectivity index (χ3v) is 5.29. The van der Waals surface area contributed by atoms with Gasteiger partial charge in [-0.05, 0) is 42.8 Å². The molecule has 34 heavy (non-hydrogen) atoms. The van der Waals surface area contributed by atoms with E-state index < -0.39 is 18.0 Å². The van der Waals surface area contributed by atoms with Gasteiger partial charge in [-0.25, -0.2) is 4.79 Å². The molecule has 4 aromatic rings. The highest BCUT2D eigenvalue weighted by Gasteiger charge is 2.26. The standard InChI is InChI=1S/C27H25NO6/c1-18(26(29)28-16-19-12-14-20(31-2)15-13-19)33-27(30)25-23(17-32-21-8-4-3-5-9-21)22-10-6-7-11-24(22)34-25/h3-15,18H,16-17H2,1-2H3,(H,28,29)/t18-/m1/s1. The van der Waals surface area contributed by atoms with Gasteiger partial charge in [-0.1, -0.05) is 48.5 Å². The van der Waals surface area contributed by atoms with E-state index >= 15 is 0 Å². The molecule has 0 saturated heterocycles. The number of hydrogen-bond acceptors (Lipinski definition) is 6. The third kappa shape index (κ3) is 5.38. The summed E-state index contributed by atoms with van der Waals surface area (Å²) >= 11 is 0. The predicted molar refractivity (Wildman–Crippen MR) is 127 cm³/mol. The number of fused-ring (bicyclic) bond motifs is 1. The number of rotatable bonds is 9. The molecule has 0 unspecified atom stereocenters. The number of esters is 1. The summed E-state index contributed by atoms with van der Waals surface area (Å²) in [6.07, 6.45) is -1.01. The average Bonchev–Trinajstić information content (AvgIpc) is 3.25. The van der Waals surface area contributed by atoms with Gasteiger partial charge in [-0.3, -0.25) is 4.79 Å². The highest BCUT2D eigenvalue weighted by Crippen LogP contribution is 2.28. The van der Waals surface area contributed by atoms with Crippen molar-refractivity contribution in [2.75, 3.05) is 7.11 Å². The number of para-hydroxylation sites is 2. The summed E-state index contributed by atoms with van der Waals surface area (Å²) in [5.74, 6) is 0.276. The molecule has 0 spiro atoms. The van der Waals surface area contributed by atoms with Crippen LogP contribution >= 0.6 is 0 Å². The Labute approximate surface area is 197 Å². The Bertz CT molecular complexity index is 1260. The number of nitrogens with one attached hydrogen (secondary N) is 1. The molecule has 1 aromatic heterocycles. The minimum Gasteiger partial charge on any atom is -0.497 e. The van der Waals surface area contributed by atoms with E-state index in [4.69, 9.17) is 18.6 Å². The maximum atomic E-state index is 12.9. The fourth-order valence-electron chi connectivity index (χ4n) is 3.42. The Morgan fingerprint density at radius 1 is 0.912 bits per heavy atom. The van der Waals surface area contributed by atoms with Crippen LogP contribution in [0.15, 0.2) is 83.3 Å². The van der Waals surface area contributed by atoms with Gasteiger partial charge in [0.2, 0.25) is 5.76 Å². The molecule has 0 aliphatic carbocycles. The van der Waals surface area contributed by atoms with Gasteiger partial charge in [0.15, 0.2) is 6.10 Å². The number of methoxy groups -OCH3 is 1. The van der Waals surface area contributed by atoms with E-state index in [0.717, 1.165) is 16.7 Å². The molecule has 174 valence electrons. The molecule has 1 amide bonds. The smallest absolute Gasteiger partial charge is 0.375 e. The zero-order chi connectivity index (χ0) is 23.9. The fourth-order valence-corrected chi connectivity index (χ4v) is 3.42. The molecule has 0 bridgehead atoms. The van der Waals surface area contributed by atoms with Crippen LogP contribution in [-0.2, 0) is 22.7 Å². The van der Waals surface area contributed by atoms with Gasteiger partial charge in [0.25, 0.3) is 5.91 Å². The molecule has 1 N–H and O–H groups in total. The van der Waals surface area contributed by atoms with Gasteiger partial charge < -0.3 is 23.9 Å². The normalized spacial score (nSPS) is 11.6. The van der Waals surface area contributed by atoms with E-state index in [-0.39, 0.29) is 12.4 Å². The van der Waals surface area contributed by atoms with E-state index in [1.807, 2.05) is 72.8 Å². The molecule has 1 atom stereocenters. The first-order valence-electron chi connectivity index (χ1n) is 10.8. The highest BCUT2D eigenvalue weighted by atomic mass is 16.6. The Kier molecular flexibility index (Phi) is 7.13. The van der Waals surface area contributed by atoms with Crippen molar-refractivity contribution in [3.8, 4) is 11.5 Å². The molecule has 1 heterocycles. The quantitative estimate of drug-likeness (QED) is 0.359. The number of benzene rings is 3. The Balaban J connectivity index is 1.43. The maximum Gasteiger partial charge on any atom is 0.375 e. The predicted octanol–water partition coefficient (Wildman–Crippen LogP) is 4.88. The van der Waals surface area contributed by atoms with Crippen LogP contribution in [0.3, 0.4) is 0 Å². The van der Waals surface area contributed by atoms with Crippen molar-refractivity contribution >= 4 is 22.8 Å². The number of amides is 1.